The number of hydrogen-bond donors (Lipinski definition) is 2. The first kappa shape index (κ1) is 28.9. The molecule has 3 N–H and O–H groups in total. The Labute approximate surface area is 251 Å². The van der Waals surface area contributed by atoms with Crippen LogP contribution in [0.15, 0.2) is 66.9 Å². The molecule has 0 spiro atoms. The number of hydrogen-bond acceptors (Lipinski definition) is 6. The monoisotopic (exact) mass is 618 g/mol. The fourth-order valence-electron chi connectivity index (χ4n) is 5.01. The number of pyridine rings is 2. The van der Waals surface area contributed by atoms with Crippen LogP contribution >= 0.6 is 11.3 Å². The Morgan fingerprint density at radius 3 is 2.41 bits per heavy atom. The number of anilines is 1. The lowest BCUT2D eigenvalue weighted by Crippen LogP contribution is -2.17. The summed E-state index contributed by atoms with van der Waals surface area (Å²) in [6, 6.07) is 14.2. The van der Waals surface area contributed by atoms with Crippen molar-refractivity contribution in [1.82, 2.24) is 19.7 Å². The molecule has 6 aromatic rings. The van der Waals surface area contributed by atoms with Crippen molar-refractivity contribution >= 4 is 50.0 Å². The van der Waals surface area contributed by atoms with Crippen LogP contribution < -0.4 is 11.1 Å². The molecule has 2 aromatic carbocycles. The predicted octanol–water partition coefficient (Wildman–Crippen LogP) is 7.21. The standard InChI is InChI=1S/C31H22F4N6O2S/c1-3-41-14-21(15(2)40-41)23-12-20(18-6-4-5-7-22(18)37-23)29(43)39-26-25-19(16-8-10-17(32)11-9-16)13-24(31(33,34)35)38-30(25)44-27(26)28(36)42/h4-14H,3H2,1-2H3,(H2,36,42)(H,39,43). The van der Waals surface area contributed by atoms with Gasteiger partial charge in [0.2, 0.25) is 0 Å². The zero-order valence-electron chi connectivity index (χ0n) is 23.2. The van der Waals surface area contributed by atoms with Crippen LogP contribution in [-0.4, -0.2) is 31.6 Å². The number of aryl methyl sites for hydroxylation is 2. The Bertz CT molecular complexity index is 2100. The molecule has 13 heteroatoms. The molecular formula is C31H22F4N6O2S. The Kier molecular flexibility index (Phi) is 7.12. The maximum atomic E-state index is 14.0. The van der Waals surface area contributed by atoms with E-state index in [0.717, 1.165) is 18.2 Å². The molecule has 222 valence electrons. The average molecular weight is 619 g/mol. The summed E-state index contributed by atoms with van der Waals surface area (Å²) in [6.07, 6.45) is -3.00. The summed E-state index contributed by atoms with van der Waals surface area (Å²) in [6.45, 7) is 4.40. The van der Waals surface area contributed by atoms with Gasteiger partial charge in [0.1, 0.15) is 21.2 Å². The molecular weight excluding hydrogens is 596 g/mol. The molecule has 8 nitrogen and oxygen atoms in total. The average Bonchev–Trinajstić information content (AvgIpc) is 3.56. The summed E-state index contributed by atoms with van der Waals surface area (Å²) in [4.78, 5) is 34.7. The molecule has 4 aromatic heterocycles. The number of nitrogens with two attached hydrogens (primary N) is 1. The molecule has 0 atom stereocenters. The maximum absolute atomic E-state index is 14.0. The van der Waals surface area contributed by atoms with Gasteiger partial charge in [-0.05, 0) is 55.3 Å². The highest BCUT2D eigenvalue weighted by Crippen LogP contribution is 2.44. The zero-order valence-corrected chi connectivity index (χ0v) is 24.0. The van der Waals surface area contributed by atoms with Gasteiger partial charge >= 0.3 is 6.18 Å². The molecule has 6 rings (SSSR count). The third-order valence-corrected chi connectivity index (χ3v) is 8.18. The molecule has 0 bridgehead atoms. The number of primary amides is 1. The molecule has 0 aliphatic rings. The zero-order chi connectivity index (χ0) is 31.3. The van der Waals surface area contributed by atoms with E-state index in [4.69, 9.17) is 10.7 Å². The number of para-hydroxylation sites is 1. The van der Waals surface area contributed by atoms with E-state index in [1.165, 1.54) is 12.1 Å². The van der Waals surface area contributed by atoms with Crippen molar-refractivity contribution in [1.29, 1.82) is 0 Å². The summed E-state index contributed by atoms with van der Waals surface area (Å²) in [5.74, 6) is -2.21. The number of carbonyl (C=O) groups is 2. The minimum atomic E-state index is -4.82. The lowest BCUT2D eigenvalue weighted by Gasteiger charge is -2.13. The second-order valence-electron chi connectivity index (χ2n) is 9.92. The molecule has 2 amide bonds. The van der Waals surface area contributed by atoms with Gasteiger partial charge in [-0.3, -0.25) is 14.3 Å². The molecule has 0 saturated carbocycles. The Hall–Kier alpha value is -5.17. The van der Waals surface area contributed by atoms with E-state index >= 15 is 0 Å². The van der Waals surface area contributed by atoms with Gasteiger partial charge in [0.25, 0.3) is 11.8 Å². The summed E-state index contributed by atoms with van der Waals surface area (Å²) in [5, 5.41) is 7.78. The molecule has 4 heterocycles. The van der Waals surface area contributed by atoms with Gasteiger partial charge in [0.05, 0.1) is 28.2 Å². The summed E-state index contributed by atoms with van der Waals surface area (Å²) < 4.78 is 57.1. The molecule has 0 fully saturated rings. The van der Waals surface area contributed by atoms with Crippen LogP contribution in [0.4, 0.5) is 23.2 Å². The van der Waals surface area contributed by atoms with Gasteiger partial charge in [0.15, 0.2) is 0 Å². The van der Waals surface area contributed by atoms with Crippen LogP contribution in [0.1, 0.15) is 38.3 Å². The first-order valence-corrected chi connectivity index (χ1v) is 14.1. The van der Waals surface area contributed by atoms with E-state index in [1.54, 1.807) is 35.0 Å². The minimum absolute atomic E-state index is 0.00995. The lowest BCUT2D eigenvalue weighted by atomic mass is 10.0. The summed E-state index contributed by atoms with van der Waals surface area (Å²) in [5.41, 5.74) is 7.17. The number of benzene rings is 2. The van der Waals surface area contributed by atoms with Gasteiger partial charge in [-0.25, -0.2) is 14.4 Å². The van der Waals surface area contributed by atoms with Crippen molar-refractivity contribution in [2.45, 2.75) is 26.6 Å². The number of alkyl halides is 3. The molecule has 0 unspecified atom stereocenters. The summed E-state index contributed by atoms with van der Waals surface area (Å²) in [7, 11) is 0. The van der Waals surface area contributed by atoms with E-state index in [1.807, 2.05) is 20.0 Å². The van der Waals surface area contributed by atoms with Crippen molar-refractivity contribution in [3.63, 3.8) is 0 Å². The van der Waals surface area contributed by atoms with Gasteiger partial charge in [-0.1, -0.05) is 30.3 Å². The molecule has 0 aliphatic carbocycles. The number of aromatic nitrogens is 4. The quantitative estimate of drug-likeness (QED) is 0.191. The number of carbonyl (C=O) groups excluding carboxylic acids is 2. The molecule has 0 aliphatic heterocycles. The number of nitrogens with one attached hydrogen (secondary N) is 1. The first-order chi connectivity index (χ1) is 20.9. The van der Waals surface area contributed by atoms with Crippen molar-refractivity contribution in [2.24, 2.45) is 5.73 Å². The van der Waals surface area contributed by atoms with Gasteiger partial charge in [-0.15, -0.1) is 11.3 Å². The highest BCUT2D eigenvalue weighted by molar-refractivity contribution is 7.21. The van der Waals surface area contributed by atoms with Crippen LogP contribution in [-0.2, 0) is 12.7 Å². The van der Waals surface area contributed by atoms with E-state index in [-0.39, 0.29) is 37.5 Å². The number of thiophene rings is 1. The van der Waals surface area contributed by atoms with Crippen molar-refractivity contribution in [2.75, 3.05) is 5.32 Å². The largest absolute Gasteiger partial charge is 0.433 e. The fourth-order valence-corrected chi connectivity index (χ4v) is 6.01. The van der Waals surface area contributed by atoms with E-state index in [0.29, 0.717) is 45.7 Å². The second-order valence-corrected chi connectivity index (χ2v) is 10.9. The van der Waals surface area contributed by atoms with Crippen molar-refractivity contribution in [3.05, 3.63) is 94.5 Å². The SMILES string of the molecule is CCn1cc(-c2cc(C(=O)Nc3c(C(N)=O)sc4nc(C(F)(F)F)cc(-c5ccc(F)cc5)c34)c3ccccc3n2)c(C)n1. The molecule has 0 radical (unpaired) electrons. The van der Waals surface area contributed by atoms with Crippen molar-refractivity contribution in [3.8, 4) is 22.4 Å². The van der Waals surface area contributed by atoms with Gasteiger partial charge in [-0.2, -0.15) is 18.3 Å². The van der Waals surface area contributed by atoms with Crippen LogP contribution in [0, 0.1) is 12.7 Å². The third kappa shape index (κ3) is 5.15. The van der Waals surface area contributed by atoms with E-state index in [2.05, 4.69) is 15.4 Å². The van der Waals surface area contributed by atoms with Crippen LogP contribution in [0.3, 0.4) is 0 Å². The smallest absolute Gasteiger partial charge is 0.365 e. The van der Waals surface area contributed by atoms with Crippen LogP contribution in [0.2, 0.25) is 0 Å². The molecule has 0 saturated heterocycles. The van der Waals surface area contributed by atoms with E-state index < -0.39 is 29.5 Å². The normalized spacial score (nSPS) is 11.8. The lowest BCUT2D eigenvalue weighted by molar-refractivity contribution is -0.140. The Balaban J connectivity index is 1.56. The predicted molar refractivity (Wildman–Crippen MR) is 160 cm³/mol. The van der Waals surface area contributed by atoms with E-state index in [9.17, 15) is 27.2 Å². The van der Waals surface area contributed by atoms with Gasteiger partial charge < -0.3 is 11.1 Å². The highest BCUT2D eigenvalue weighted by Gasteiger charge is 2.35. The topological polar surface area (TPSA) is 116 Å². The number of halogens is 4. The van der Waals surface area contributed by atoms with Gasteiger partial charge in [0, 0.05) is 29.1 Å². The Morgan fingerprint density at radius 2 is 1.75 bits per heavy atom. The number of rotatable bonds is 6. The van der Waals surface area contributed by atoms with Crippen LogP contribution in [0.25, 0.3) is 43.5 Å². The Morgan fingerprint density at radius 1 is 1.02 bits per heavy atom. The first-order valence-electron chi connectivity index (χ1n) is 13.3. The maximum Gasteiger partial charge on any atom is 0.433 e. The van der Waals surface area contributed by atoms with Crippen LogP contribution in [0.5, 0.6) is 0 Å². The second kappa shape index (κ2) is 10.8. The third-order valence-electron chi connectivity index (χ3n) is 7.08. The fraction of sp³-hybridized carbons (Fsp3) is 0.129. The number of fused-ring (bicyclic) bond motifs is 2. The molecule has 44 heavy (non-hydrogen) atoms. The highest BCUT2D eigenvalue weighted by atomic mass is 32.1. The number of nitrogens with zero attached hydrogens (tertiary/aromatic N) is 4. The number of amides is 2. The minimum Gasteiger partial charge on any atom is -0.365 e. The van der Waals surface area contributed by atoms with Crippen molar-refractivity contribution < 1.29 is 27.2 Å². The summed E-state index contributed by atoms with van der Waals surface area (Å²) >= 11 is 0.624.